The number of methoxy groups -OCH3 is 1. The van der Waals surface area contributed by atoms with Crippen molar-refractivity contribution < 1.29 is 32.3 Å². The Morgan fingerprint density at radius 2 is 1.78 bits per heavy atom. The van der Waals surface area contributed by atoms with Crippen LogP contribution in [0.2, 0.25) is 0 Å². The van der Waals surface area contributed by atoms with Gasteiger partial charge in [0.05, 0.1) is 30.1 Å². The summed E-state index contributed by atoms with van der Waals surface area (Å²) < 4.78 is 41.1. The maximum Gasteiger partial charge on any atom is 0.259 e. The molecule has 15 heteroatoms. The molecule has 0 radical (unpaired) electrons. The van der Waals surface area contributed by atoms with E-state index in [0.717, 1.165) is 59.4 Å². The summed E-state index contributed by atoms with van der Waals surface area (Å²) in [6.07, 6.45) is 6.27. The number of pyridine rings is 1. The summed E-state index contributed by atoms with van der Waals surface area (Å²) in [6, 6.07) is 13.7. The molecule has 3 N–H and O–H groups in total. The molecular formula is C45H54N6O7S2. The lowest BCUT2D eigenvalue weighted by Gasteiger charge is -2.30. The fourth-order valence-electron chi connectivity index (χ4n) is 9.50. The van der Waals surface area contributed by atoms with Crippen LogP contribution in [-0.4, -0.2) is 83.6 Å². The molecular weight excluding hydrogens is 801 g/mol. The summed E-state index contributed by atoms with van der Waals surface area (Å²) in [5, 5.41) is 9.53. The van der Waals surface area contributed by atoms with Gasteiger partial charge in [-0.1, -0.05) is 57.7 Å². The molecule has 2 aromatic carbocycles. The van der Waals surface area contributed by atoms with Gasteiger partial charge < -0.3 is 25.0 Å². The molecule has 0 spiro atoms. The summed E-state index contributed by atoms with van der Waals surface area (Å²) in [4.78, 5) is 55.3. The Balaban J connectivity index is 1.07. The number of carbonyl (C=O) groups is 3. The van der Waals surface area contributed by atoms with E-state index in [1.165, 1.54) is 11.3 Å². The Bertz CT molecular complexity index is 2420. The predicted octanol–water partition coefficient (Wildman–Crippen LogP) is 6.71. The zero-order valence-electron chi connectivity index (χ0n) is 34.6. The van der Waals surface area contributed by atoms with E-state index >= 15 is 0 Å². The second kappa shape index (κ2) is 15.9. The van der Waals surface area contributed by atoms with Gasteiger partial charge in [-0.05, 0) is 87.0 Å². The third kappa shape index (κ3) is 7.94. The minimum Gasteiger partial charge on any atom is -0.496 e. The first-order valence-electron chi connectivity index (χ1n) is 21.5. The summed E-state index contributed by atoms with van der Waals surface area (Å²) in [5.41, 5.74) is 2.60. The lowest BCUT2D eigenvalue weighted by Crippen LogP contribution is -2.57. The highest BCUT2D eigenvalue weighted by molar-refractivity contribution is 7.91. The van der Waals surface area contributed by atoms with Gasteiger partial charge >= 0.3 is 0 Å². The third-order valence-corrected chi connectivity index (χ3v) is 16.0. The van der Waals surface area contributed by atoms with Gasteiger partial charge in [0.2, 0.25) is 21.8 Å². The molecule has 5 aliphatic rings. The molecule has 3 aliphatic carbocycles. The monoisotopic (exact) mass is 854 g/mol. The van der Waals surface area contributed by atoms with E-state index in [1.807, 2.05) is 60.8 Å². The number of thiazole rings is 1. The molecule has 4 heterocycles. The van der Waals surface area contributed by atoms with Crippen LogP contribution in [0.25, 0.3) is 21.6 Å². The van der Waals surface area contributed by atoms with Crippen molar-refractivity contribution >= 4 is 55.7 Å². The number of fused-ring (bicyclic) bond motifs is 5. The van der Waals surface area contributed by atoms with Crippen LogP contribution in [0.4, 0.5) is 5.69 Å². The highest BCUT2D eigenvalue weighted by atomic mass is 32.2. The average Bonchev–Trinajstić information content (AvgIpc) is 4.19. The number of hydrogen-bond acceptors (Lipinski definition) is 11. The van der Waals surface area contributed by atoms with Gasteiger partial charge in [0.25, 0.3) is 5.91 Å². The van der Waals surface area contributed by atoms with Gasteiger partial charge in [0.15, 0.2) is 0 Å². The van der Waals surface area contributed by atoms with E-state index in [4.69, 9.17) is 19.4 Å². The summed E-state index contributed by atoms with van der Waals surface area (Å²) in [5.74, 6) is 0.596. The normalized spacial score (nSPS) is 28.1. The second-order valence-electron chi connectivity index (χ2n) is 17.8. The van der Waals surface area contributed by atoms with Crippen LogP contribution >= 0.6 is 11.3 Å². The van der Waals surface area contributed by atoms with E-state index in [9.17, 15) is 22.8 Å². The van der Waals surface area contributed by atoms with Gasteiger partial charge in [0.1, 0.15) is 45.9 Å². The fraction of sp³-hybridized carbons (Fsp3) is 0.533. The minimum absolute atomic E-state index is 0.121. The molecule has 5 fully saturated rings. The maximum absolute atomic E-state index is 14.9. The molecule has 2 unspecified atom stereocenters. The number of nitrogens with zero attached hydrogens (tertiary/aromatic N) is 3. The van der Waals surface area contributed by atoms with E-state index in [2.05, 4.69) is 29.2 Å². The highest BCUT2D eigenvalue weighted by Crippen LogP contribution is 2.61. The number of benzene rings is 2. The van der Waals surface area contributed by atoms with Crippen LogP contribution in [-0.2, 0) is 24.4 Å². The highest BCUT2D eigenvalue weighted by Gasteiger charge is 2.69. The van der Waals surface area contributed by atoms with E-state index < -0.39 is 50.8 Å². The van der Waals surface area contributed by atoms with Crippen LogP contribution in [0.15, 0.2) is 53.9 Å². The Labute approximate surface area is 355 Å². The van der Waals surface area contributed by atoms with Crippen LogP contribution in [0.1, 0.15) is 95.2 Å². The number of aromatic nitrogens is 2. The largest absolute Gasteiger partial charge is 0.496 e. The first-order valence-corrected chi connectivity index (χ1v) is 23.9. The summed E-state index contributed by atoms with van der Waals surface area (Å²) >= 11 is 1.51. The zero-order chi connectivity index (χ0) is 41.9. The Kier molecular flexibility index (Phi) is 10.8. The fourth-order valence-corrected chi connectivity index (χ4v) is 11.8. The van der Waals surface area contributed by atoms with Gasteiger partial charge in [-0.25, -0.2) is 18.4 Å². The van der Waals surface area contributed by atoms with Crippen molar-refractivity contribution in [1.82, 2.24) is 24.9 Å². The molecule has 3 saturated carbocycles. The van der Waals surface area contributed by atoms with Gasteiger partial charge in [-0.15, -0.1) is 11.3 Å². The minimum atomic E-state index is -3.85. The second-order valence-corrected chi connectivity index (χ2v) is 20.6. The third-order valence-electron chi connectivity index (χ3n) is 13.3. The topological polar surface area (TPSA) is 169 Å². The van der Waals surface area contributed by atoms with Crippen molar-refractivity contribution in [2.45, 2.75) is 120 Å². The molecule has 13 nitrogen and oxygen atoms in total. The number of rotatable bonds is 10. The molecule has 2 saturated heterocycles. The van der Waals surface area contributed by atoms with E-state index in [-0.39, 0.29) is 36.6 Å². The smallest absolute Gasteiger partial charge is 0.259 e. The lowest BCUT2D eigenvalue weighted by molar-refractivity contribution is -0.140. The van der Waals surface area contributed by atoms with Crippen LogP contribution < -0.4 is 24.8 Å². The number of ether oxygens (including phenoxy) is 2. The molecule has 2 aliphatic heterocycles. The van der Waals surface area contributed by atoms with Gasteiger partial charge in [-0.3, -0.25) is 19.1 Å². The molecule has 7 atom stereocenters. The first kappa shape index (κ1) is 40.6. The SMILES string of the molecule is COc1ccc2c(O[C@@H]3C[C@H]4C(=O)N[C@]5(C(=O)NS(=O)(=O)C6CC6)C[C@@H]5C5CC5CCCCC[C@H](Nc5ccccc5)C(=O)N4C3)cc(-c3nc(C(C)C)cs3)nc2c1C. The molecule has 60 heavy (non-hydrogen) atoms. The number of nitrogens with one attached hydrogen (secondary N) is 3. The summed E-state index contributed by atoms with van der Waals surface area (Å²) in [6.45, 7) is 6.27. The average molecular weight is 855 g/mol. The molecule has 0 bridgehead atoms. The Hall–Kier alpha value is -4.76. The summed E-state index contributed by atoms with van der Waals surface area (Å²) in [7, 11) is -2.23. The number of anilines is 1. The molecule has 318 valence electrons. The standard InChI is InChI=1S/C45H54N6O7S2/c1-25(2)36-24-59-42(48-36)35-21-39(31-17-18-38(57-4)26(3)40(31)47-35)58-29-20-37-41(52)49-45(44(54)50-60(55,56)30-15-16-30)22-33(45)32-19-27(32)11-7-5-10-14-34(43(53)51(37)23-29)46-28-12-8-6-9-13-28/h6,8-9,12-13,17-18,21,24-25,27,29-30,32-34,37,46H,5,7,10-11,14-16,19-20,22-23H2,1-4H3,(H,49,52)(H,50,54)/t27?,29-,32?,33-,34+,37+,45-/m1/s1. The first-order chi connectivity index (χ1) is 28.8. The van der Waals surface area contributed by atoms with Crippen molar-refractivity contribution in [3.05, 3.63) is 65.2 Å². The molecule has 4 aromatic rings. The number of amides is 3. The van der Waals surface area contributed by atoms with Crippen LogP contribution in [0.5, 0.6) is 11.5 Å². The van der Waals surface area contributed by atoms with Crippen LogP contribution in [0.3, 0.4) is 0 Å². The van der Waals surface area contributed by atoms with E-state index in [0.29, 0.717) is 54.3 Å². The van der Waals surface area contributed by atoms with Crippen LogP contribution in [0, 0.1) is 24.7 Å². The molecule has 9 rings (SSSR count). The van der Waals surface area contributed by atoms with Crippen molar-refractivity contribution in [3.8, 4) is 22.2 Å². The number of aryl methyl sites for hydroxylation is 1. The predicted molar refractivity (Wildman–Crippen MR) is 230 cm³/mol. The van der Waals surface area contributed by atoms with Crippen molar-refractivity contribution in [3.63, 3.8) is 0 Å². The maximum atomic E-state index is 14.9. The van der Waals surface area contributed by atoms with Crippen molar-refractivity contribution in [2.75, 3.05) is 19.0 Å². The number of sulfonamides is 1. The van der Waals surface area contributed by atoms with Crippen molar-refractivity contribution in [2.24, 2.45) is 17.8 Å². The van der Waals surface area contributed by atoms with Gasteiger partial charge in [0, 0.05) is 34.5 Å². The van der Waals surface area contributed by atoms with Crippen molar-refractivity contribution in [1.29, 1.82) is 0 Å². The Morgan fingerprint density at radius 1 is 1.00 bits per heavy atom. The quantitative estimate of drug-likeness (QED) is 0.156. The Morgan fingerprint density at radius 3 is 2.52 bits per heavy atom. The zero-order valence-corrected chi connectivity index (χ0v) is 36.2. The van der Waals surface area contributed by atoms with E-state index in [1.54, 1.807) is 12.0 Å². The lowest BCUT2D eigenvalue weighted by atomic mass is 10.0. The number of para-hydroxylation sites is 1. The molecule has 2 aromatic heterocycles. The van der Waals surface area contributed by atoms with Gasteiger partial charge in [-0.2, -0.15) is 0 Å². The number of carbonyl (C=O) groups excluding carboxylic acids is 3. The molecule has 3 amide bonds. The number of hydrogen-bond donors (Lipinski definition) is 3.